The van der Waals surface area contributed by atoms with Crippen LogP contribution in [0.15, 0.2) is 56.9 Å². The maximum Gasteiger partial charge on any atom is 0.317 e. The second-order valence-electron chi connectivity index (χ2n) is 7.11. The lowest BCUT2D eigenvalue weighted by molar-refractivity contribution is 0.298. The van der Waals surface area contributed by atoms with Crippen LogP contribution < -0.4 is 15.9 Å². The normalized spacial score (nSPS) is 11.9. The van der Waals surface area contributed by atoms with E-state index in [1.165, 1.54) is 35.4 Å². The van der Waals surface area contributed by atoms with E-state index in [2.05, 4.69) is 0 Å². The Morgan fingerprint density at radius 1 is 0.967 bits per heavy atom. The van der Waals surface area contributed by atoms with E-state index in [9.17, 15) is 18.0 Å². The summed E-state index contributed by atoms with van der Waals surface area (Å²) in [6.45, 7) is 4.26. The van der Waals surface area contributed by atoms with Gasteiger partial charge in [-0.15, -0.1) is 0 Å². The molecule has 3 aromatic rings. The third-order valence-electron chi connectivity index (χ3n) is 4.87. The van der Waals surface area contributed by atoms with Gasteiger partial charge in [-0.3, -0.25) is 14.2 Å². The number of aryl methyl sites for hydroxylation is 2. The van der Waals surface area contributed by atoms with Gasteiger partial charge in [0.15, 0.2) is 0 Å². The Morgan fingerprint density at radius 2 is 1.67 bits per heavy atom. The number of rotatable bonds is 7. The van der Waals surface area contributed by atoms with Crippen molar-refractivity contribution in [2.75, 3.05) is 20.7 Å². The summed E-state index contributed by atoms with van der Waals surface area (Å²) in [5.41, 5.74) is 0.548. The van der Waals surface area contributed by atoms with Gasteiger partial charge in [0, 0.05) is 20.6 Å². The maximum absolute atomic E-state index is 12.8. The summed E-state index contributed by atoms with van der Waals surface area (Å²) in [4.78, 5) is 25.4. The van der Waals surface area contributed by atoms with Crippen molar-refractivity contribution in [3.8, 4) is 5.75 Å². The lowest BCUT2D eigenvalue weighted by Gasteiger charge is -2.17. The number of benzene rings is 2. The molecule has 0 saturated heterocycles. The summed E-state index contributed by atoms with van der Waals surface area (Å²) < 4.78 is 34.6. The number of sulfonamides is 1. The Hall–Kier alpha value is -2.91. The van der Waals surface area contributed by atoms with Crippen LogP contribution in [-0.4, -0.2) is 42.6 Å². The SMILES string of the molecule is CCn1c(=O)c(=O)n(CCOc2cccc(C)c2)c2cc(S(=O)(=O)N(C)C)ccc21. The van der Waals surface area contributed by atoms with Crippen molar-refractivity contribution in [2.24, 2.45) is 0 Å². The van der Waals surface area contributed by atoms with Crippen LogP contribution in [-0.2, 0) is 23.1 Å². The molecule has 8 nitrogen and oxygen atoms in total. The highest BCUT2D eigenvalue weighted by Gasteiger charge is 2.20. The van der Waals surface area contributed by atoms with Gasteiger partial charge in [-0.25, -0.2) is 12.7 Å². The van der Waals surface area contributed by atoms with Gasteiger partial charge in [0.1, 0.15) is 12.4 Å². The largest absolute Gasteiger partial charge is 0.492 e. The van der Waals surface area contributed by atoms with Crippen LogP contribution in [0.5, 0.6) is 5.75 Å². The molecule has 9 heteroatoms. The maximum atomic E-state index is 12.8. The van der Waals surface area contributed by atoms with Crippen molar-refractivity contribution >= 4 is 21.1 Å². The van der Waals surface area contributed by atoms with Crippen LogP contribution in [0, 0.1) is 6.92 Å². The van der Waals surface area contributed by atoms with E-state index in [1.54, 1.807) is 13.0 Å². The fraction of sp³-hybridized carbons (Fsp3) is 0.333. The number of hydrogen-bond donors (Lipinski definition) is 0. The van der Waals surface area contributed by atoms with Gasteiger partial charge in [-0.2, -0.15) is 0 Å². The summed E-state index contributed by atoms with van der Waals surface area (Å²) in [7, 11) is -0.817. The standard InChI is InChI=1S/C21H25N3O5S/c1-5-23-18-10-9-17(30(27,28)22(3)4)14-19(18)24(21(26)20(23)25)11-12-29-16-8-6-7-15(2)13-16/h6-10,13-14H,5,11-12H2,1-4H3. The molecular weight excluding hydrogens is 406 g/mol. The van der Waals surface area contributed by atoms with Gasteiger partial charge < -0.3 is 9.30 Å². The zero-order valence-electron chi connectivity index (χ0n) is 17.5. The topological polar surface area (TPSA) is 90.6 Å². The molecule has 2 aromatic carbocycles. The molecule has 0 aliphatic heterocycles. The summed E-state index contributed by atoms with van der Waals surface area (Å²) in [6.07, 6.45) is 0. The van der Waals surface area contributed by atoms with E-state index in [1.807, 2.05) is 31.2 Å². The molecule has 0 fully saturated rings. The van der Waals surface area contributed by atoms with Crippen LogP contribution in [0.25, 0.3) is 11.0 Å². The fourth-order valence-electron chi connectivity index (χ4n) is 3.26. The number of hydrogen-bond acceptors (Lipinski definition) is 5. The number of aromatic nitrogens is 2. The zero-order chi connectivity index (χ0) is 22.1. The Balaban J connectivity index is 2.10. The van der Waals surface area contributed by atoms with Gasteiger partial charge in [0.25, 0.3) is 0 Å². The number of nitrogens with zero attached hydrogens (tertiary/aromatic N) is 3. The second-order valence-corrected chi connectivity index (χ2v) is 9.26. The summed E-state index contributed by atoms with van der Waals surface area (Å²) >= 11 is 0. The molecule has 0 saturated carbocycles. The molecule has 0 amide bonds. The van der Waals surface area contributed by atoms with Gasteiger partial charge in [-0.05, 0) is 49.7 Å². The molecule has 1 heterocycles. The smallest absolute Gasteiger partial charge is 0.317 e. The molecule has 3 rings (SSSR count). The fourth-order valence-corrected chi connectivity index (χ4v) is 4.19. The van der Waals surface area contributed by atoms with E-state index in [0.717, 1.165) is 9.87 Å². The molecule has 0 aliphatic rings. The number of ether oxygens (including phenoxy) is 1. The van der Waals surface area contributed by atoms with E-state index in [-0.39, 0.29) is 18.0 Å². The highest BCUT2D eigenvalue weighted by atomic mass is 32.2. The van der Waals surface area contributed by atoms with Gasteiger partial charge in [0.2, 0.25) is 10.0 Å². The average Bonchev–Trinajstić information content (AvgIpc) is 2.70. The van der Waals surface area contributed by atoms with Crippen molar-refractivity contribution in [3.63, 3.8) is 0 Å². The van der Waals surface area contributed by atoms with Gasteiger partial charge in [-0.1, -0.05) is 12.1 Å². The molecule has 0 unspecified atom stereocenters. The van der Waals surface area contributed by atoms with Crippen LogP contribution in [0.4, 0.5) is 0 Å². The van der Waals surface area contributed by atoms with Gasteiger partial charge >= 0.3 is 11.1 Å². The van der Waals surface area contributed by atoms with Gasteiger partial charge in [0.05, 0.1) is 22.5 Å². The first-order chi connectivity index (χ1) is 14.2. The first-order valence-electron chi connectivity index (χ1n) is 9.56. The Kier molecular flexibility index (Phi) is 6.14. The van der Waals surface area contributed by atoms with Crippen molar-refractivity contribution in [1.82, 2.24) is 13.4 Å². The highest BCUT2D eigenvalue weighted by Crippen LogP contribution is 2.20. The van der Waals surface area contributed by atoms with Crippen LogP contribution in [0.1, 0.15) is 12.5 Å². The molecule has 0 aliphatic carbocycles. The van der Waals surface area contributed by atoms with Crippen LogP contribution in [0.3, 0.4) is 0 Å². The van der Waals surface area contributed by atoms with Crippen LogP contribution in [0.2, 0.25) is 0 Å². The average molecular weight is 432 g/mol. The van der Waals surface area contributed by atoms with E-state index < -0.39 is 21.1 Å². The molecule has 30 heavy (non-hydrogen) atoms. The van der Waals surface area contributed by atoms with E-state index in [0.29, 0.717) is 23.3 Å². The van der Waals surface area contributed by atoms with Crippen molar-refractivity contribution < 1.29 is 13.2 Å². The molecule has 0 bridgehead atoms. The molecule has 0 radical (unpaired) electrons. The molecular formula is C21H25N3O5S. The second kappa shape index (κ2) is 8.45. The van der Waals surface area contributed by atoms with Crippen molar-refractivity contribution in [3.05, 3.63) is 68.7 Å². The zero-order valence-corrected chi connectivity index (χ0v) is 18.3. The Morgan fingerprint density at radius 3 is 2.30 bits per heavy atom. The minimum atomic E-state index is -3.70. The first-order valence-corrected chi connectivity index (χ1v) is 11.0. The lowest BCUT2D eigenvalue weighted by Crippen LogP contribution is -2.42. The monoisotopic (exact) mass is 431 g/mol. The predicted octanol–water partition coefficient (Wildman–Crippen LogP) is 1.82. The predicted molar refractivity (Wildman–Crippen MR) is 116 cm³/mol. The minimum absolute atomic E-state index is 0.0501. The van der Waals surface area contributed by atoms with E-state index >= 15 is 0 Å². The van der Waals surface area contributed by atoms with Crippen LogP contribution >= 0.6 is 0 Å². The molecule has 0 N–H and O–H groups in total. The highest BCUT2D eigenvalue weighted by molar-refractivity contribution is 7.89. The quantitative estimate of drug-likeness (QED) is 0.532. The lowest BCUT2D eigenvalue weighted by atomic mass is 10.2. The van der Waals surface area contributed by atoms with Crippen molar-refractivity contribution in [2.45, 2.75) is 31.8 Å². The third kappa shape index (κ3) is 4.03. The summed E-state index contributed by atoms with van der Waals surface area (Å²) in [6, 6.07) is 11.9. The van der Waals surface area contributed by atoms with E-state index in [4.69, 9.17) is 4.74 Å². The summed E-state index contributed by atoms with van der Waals surface area (Å²) in [5, 5.41) is 0. The summed E-state index contributed by atoms with van der Waals surface area (Å²) in [5.74, 6) is 0.658. The molecule has 0 spiro atoms. The first kappa shape index (κ1) is 21.8. The van der Waals surface area contributed by atoms with Crippen molar-refractivity contribution in [1.29, 1.82) is 0 Å². The third-order valence-corrected chi connectivity index (χ3v) is 6.68. The molecule has 160 valence electrons. The number of fused-ring (bicyclic) bond motifs is 1. The Bertz CT molecular complexity index is 1310. The molecule has 0 atom stereocenters. The Labute approximate surface area is 175 Å². The minimum Gasteiger partial charge on any atom is -0.492 e. The molecule has 1 aromatic heterocycles.